The number of hydrogen-bond donors (Lipinski definition) is 2. The minimum atomic E-state index is 0.00418. The molecule has 110 valence electrons. The monoisotopic (exact) mass is 295 g/mol. The van der Waals surface area contributed by atoms with Crippen LogP contribution in [0, 0.1) is 0 Å². The molecule has 0 aromatic carbocycles. The molecule has 1 saturated heterocycles. The Hall–Kier alpha value is -1.47. The maximum Gasteiger partial charge on any atom is 0.271 e. The Kier molecular flexibility index (Phi) is 5.08. The van der Waals surface area contributed by atoms with E-state index < -0.39 is 0 Å². The topological polar surface area (TPSA) is 78.2 Å². The summed E-state index contributed by atoms with van der Waals surface area (Å²) in [7, 11) is 0. The number of amides is 1. The van der Waals surface area contributed by atoms with E-state index in [1.54, 1.807) is 12.3 Å². The number of piperazine rings is 1. The fourth-order valence-corrected chi connectivity index (χ4v) is 2.83. The second-order valence-corrected chi connectivity index (χ2v) is 5.48. The van der Waals surface area contributed by atoms with Gasteiger partial charge in [0, 0.05) is 32.4 Å². The van der Waals surface area contributed by atoms with Crippen molar-refractivity contribution in [3.63, 3.8) is 0 Å². The molecule has 1 amide bonds. The molecule has 0 radical (unpaired) electrons. The molecule has 3 N–H and O–H groups in total. The van der Waals surface area contributed by atoms with Crippen LogP contribution >= 0.6 is 12.2 Å². The Balaban J connectivity index is 1.91. The molecule has 0 spiro atoms. The Bertz CT molecular complexity index is 453. The zero-order valence-electron chi connectivity index (χ0n) is 11.7. The van der Waals surface area contributed by atoms with E-state index >= 15 is 0 Å². The van der Waals surface area contributed by atoms with Crippen LogP contribution in [0.3, 0.4) is 0 Å². The summed E-state index contributed by atoms with van der Waals surface area (Å²) in [5.41, 5.74) is 6.36. The van der Waals surface area contributed by atoms with Gasteiger partial charge in [-0.1, -0.05) is 25.6 Å². The Morgan fingerprint density at radius 1 is 1.50 bits per heavy atom. The first kappa shape index (κ1) is 14.9. The summed E-state index contributed by atoms with van der Waals surface area (Å²) in [5, 5.41) is 6.52. The lowest BCUT2D eigenvalue weighted by atomic mass is 10.1. The smallest absolute Gasteiger partial charge is 0.271 e. The molecule has 7 heteroatoms. The number of rotatable bonds is 5. The van der Waals surface area contributed by atoms with Crippen molar-refractivity contribution in [2.45, 2.75) is 25.8 Å². The quantitative estimate of drug-likeness (QED) is 0.779. The van der Waals surface area contributed by atoms with Crippen LogP contribution < -0.4 is 5.73 Å². The minimum Gasteiger partial charge on any atom is -0.392 e. The van der Waals surface area contributed by atoms with Crippen LogP contribution in [0.15, 0.2) is 12.3 Å². The zero-order valence-corrected chi connectivity index (χ0v) is 12.5. The van der Waals surface area contributed by atoms with E-state index in [0.717, 1.165) is 25.9 Å². The first-order valence-corrected chi connectivity index (χ1v) is 7.36. The van der Waals surface area contributed by atoms with E-state index in [4.69, 9.17) is 18.0 Å². The number of nitrogens with zero attached hydrogens (tertiary/aromatic N) is 3. The Morgan fingerprint density at radius 2 is 2.20 bits per heavy atom. The number of carbonyl (C=O) groups excluding carboxylic acids is 1. The molecule has 1 aliphatic heterocycles. The third-order valence-corrected chi connectivity index (χ3v) is 3.94. The fraction of sp³-hybridized carbons (Fsp3) is 0.615. The van der Waals surface area contributed by atoms with E-state index in [9.17, 15) is 4.79 Å². The molecule has 20 heavy (non-hydrogen) atoms. The van der Waals surface area contributed by atoms with Crippen LogP contribution in [-0.2, 0) is 0 Å². The lowest BCUT2D eigenvalue weighted by molar-refractivity contribution is 0.0603. The molecule has 1 aromatic heterocycles. The maximum atomic E-state index is 12.2. The molecule has 6 nitrogen and oxygen atoms in total. The summed E-state index contributed by atoms with van der Waals surface area (Å²) in [6.07, 6.45) is 3.62. The van der Waals surface area contributed by atoms with Crippen molar-refractivity contribution >= 4 is 23.1 Å². The van der Waals surface area contributed by atoms with Crippen molar-refractivity contribution in [3.8, 4) is 0 Å². The van der Waals surface area contributed by atoms with Gasteiger partial charge in [-0.05, 0) is 12.5 Å². The van der Waals surface area contributed by atoms with Crippen LogP contribution in [-0.4, -0.2) is 63.1 Å². The molecular weight excluding hydrogens is 274 g/mol. The normalized spacial score (nSPS) is 17.9. The highest BCUT2D eigenvalue weighted by atomic mass is 32.1. The van der Waals surface area contributed by atoms with E-state index in [1.165, 1.54) is 0 Å². The van der Waals surface area contributed by atoms with Crippen molar-refractivity contribution < 1.29 is 4.79 Å². The van der Waals surface area contributed by atoms with Gasteiger partial charge in [0.2, 0.25) is 0 Å². The SMILES string of the molecule is CCCC(C(N)=S)N1CCN(C(=O)c2ccn[nH]2)CC1. The van der Waals surface area contributed by atoms with Gasteiger partial charge in [-0.2, -0.15) is 5.10 Å². The van der Waals surface area contributed by atoms with Gasteiger partial charge in [0.05, 0.1) is 11.0 Å². The van der Waals surface area contributed by atoms with Gasteiger partial charge in [-0.3, -0.25) is 14.8 Å². The van der Waals surface area contributed by atoms with Crippen LogP contribution in [0.5, 0.6) is 0 Å². The van der Waals surface area contributed by atoms with Crippen LogP contribution in [0.4, 0.5) is 0 Å². The van der Waals surface area contributed by atoms with E-state index in [0.29, 0.717) is 23.8 Å². The van der Waals surface area contributed by atoms with Crippen LogP contribution in [0.25, 0.3) is 0 Å². The van der Waals surface area contributed by atoms with E-state index in [-0.39, 0.29) is 11.9 Å². The van der Waals surface area contributed by atoms with Crippen molar-refractivity contribution in [1.82, 2.24) is 20.0 Å². The molecule has 1 atom stereocenters. The molecule has 1 aromatic rings. The van der Waals surface area contributed by atoms with Crippen molar-refractivity contribution in [1.29, 1.82) is 0 Å². The number of thiocarbonyl (C=S) groups is 1. The van der Waals surface area contributed by atoms with Gasteiger partial charge in [0.15, 0.2) is 0 Å². The summed E-state index contributed by atoms with van der Waals surface area (Å²) < 4.78 is 0. The molecule has 0 bridgehead atoms. The third-order valence-electron chi connectivity index (χ3n) is 3.66. The average molecular weight is 295 g/mol. The molecule has 2 heterocycles. The fourth-order valence-electron chi connectivity index (χ4n) is 2.56. The zero-order chi connectivity index (χ0) is 14.5. The number of aromatic nitrogens is 2. The first-order chi connectivity index (χ1) is 9.63. The predicted molar refractivity (Wildman–Crippen MR) is 81.5 cm³/mol. The third kappa shape index (κ3) is 3.34. The molecule has 2 rings (SSSR count). The summed E-state index contributed by atoms with van der Waals surface area (Å²) in [6, 6.07) is 1.85. The summed E-state index contributed by atoms with van der Waals surface area (Å²) in [4.78, 5) is 16.9. The van der Waals surface area contributed by atoms with Gasteiger partial charge in [0.25, 0.3) is 5.91 Å². The molecule has 0 aliphatic carbocycles. The highest BCUT2D eigenvalue weighted by molar-refractivity contribution is 7.80. The largest absolute Gasteiger partial charge is 0.392 e. The molecule has 1 unspecified atom stereocenters. The Labute approximate surface area is 124 Å². The summed E-state index contributed by atoms with van der Waals surface area (Å²) >= 11 is 5.15. The number of nitrogens with one attached hydrogen (secondary N) is 1. The van der Waals surface area contributed by atoms with Crippen molar-refractivity contribution in [2.75, 3.05) is 26.2 Å². The standard InChI is InChI=1S/C13H21N5OS/c1-2-3-11(12(14)20)17-6-8-18(9-7-17)13(19)10-4-5-15-16-10/h4-5,11H,2-3,6-9H2,1H3,(H2,14,20)(H,15,16). The number of hydrogen-bond acceptors (Lipinski definition) is 4. The molecule has 1 fully saturated rings. The Morgan fingerprint density at radius 3 is 2.70 bits per heavy atom. The highest BCUT2D eigenvalue weighted by Gasteiger charge is 2.27. The van der Waals surface area contributed by atoms with E-state index in [1.807, 2.05) is 4.90 Å². The van der Waals surface area contributed by atoms with Gasteiger partial charge < -0.3 is 10.6 Å². The molecule has 1 aliphatic rings. The van der Waals surface area contributed by atoms with Gasteiger partial charge in [0.1, 0.15) is 5.69 Å². The van der Waals surface area contributed by atoms with Crippen LogP contribution in [0.2, 0.25) is 0 Å². The van der Waals surface area contributed by atoms with Crippen molar-refractivity contribution in [3.05, 3.63) is 18.0 Å². The average Bonchev–Trinajstić information content (AvgIpc) is 2.98. The number of H-pyrrole nitrogens is 1. The molecule has 0 saturated carbocycles. The number of carbonyl (C=O) groups is 1. The number of nitrogens with two attached hydrogens (primary N) is 1. The van der Waals surface area contributed by atoms with E-state index in [2.05, 4.69) is 22.0 Å². The summed E-state index contributed by atoms with van der Waals surface area (Å²) in [5.74, 6) is 0.00418. The second-order valence-electron chi connectivity index (χ2n) is 5.01. The van der Waals surface area contributed by atoms with Gasteiger partial charge in [-0.25, -0.2) is 0 Å². The first-order valence-electron chi connectivity index (χ1n) is 6.95. The lowest BCUT2D eigenvalue weighted by Crippen LogP contribution is -2.54. The summed E-state index contributed by atoms with van der Waals surface area (Å²) in [6.45, 7) is 5.13. The molecular formula is C13H21N5OS. The van der Waals surface area contributed by atoms with Gasteiger partial charge >= 0.3 is 0 Å². The van der Waals surface area contributed by atoms with Crippen LogP contribution in [0.1, 0.15) is 30.3 Å². The predicted octanol–water partition coefficient (Wildman–Crippen LogP) is 0.622. The number of aromatic amines is 1. The minimum absolute atomic E-state index is 0.00418. The van der Waals surface area contributed by atoms with Crippen molar-refractivity contribution in [2.24, 2.45) is 5.73 Å². The van der Waals surface area contributed by atoms with Gasteiger partial charge in [-0.15, -0.1) is 0 Å². The highest BCUT2D eigenvalue weighted by Crippen LogP contribution is 2.13. The lowest BCUT2D eigenvalue weighted by Gasteiger charge is -2.38. The maximum absolute atomic E-state index is 12.2. The second kappa shape index (κ2) is 6.81.